The van der Waals surface area contributed by atoms with Crippen molar-refractivity contribution in [3.63, 3.8) is 0 Å². The fourth-order valence-electron chi connectivity index (χ4n) is 1.30. The number of esters is 1. The van der Waals surface area contributed by atoms with Crippen molar-refractivity contribution >= 4 is 12.1 Å². The Labute approximate surface area is 109 Å². The zero-order valence-corrected chi connectivity index (χ0v) is 12.2. The van der Waals surface area contributed by atoms with Crippen molar-refractivity contribution in [2.45, 2.75) is 72.1 Å². The second-order valence-electron chi connectivity index (χ2n) is 5.47. The van der Waals surface area contributed by atoms with Crippen LogP contribution in [0.25, 0.3) is 0 Å². The van der Waals surface area contributed by atoms with Gasteiger partial charge in [0.15, 0.2) is 0 Å². The number of rotatable bonds is 5. The summed E-state index contributed by atoms with van der Waals surface area (Å²) in [5.74, 6) is -0.419. The number of carbonyl (C=O) groups excluding carboxylic acids is 2. The van der Waals surface area contributed by atoms with Crippen molar-refractivity contribution in [3.8, 4) is 0 Å². The molecule has 1 N–H and O–H groups in total. The third-order valence-corrected chi connectivity index (χ3v) is 1.90. The summed E-state index contributed by atoms with van der Waals surface area (Å²) in [5, 5.41) is 2.54. The van der Waals surface area contributed by atoms with E-state index in [2.05, 4.69) is 5.32 Å². The van der Waals surface area contributed by atoms with Crippen molar-refractivity contribution in [3.05, 3.63) is 0 Å². The molecule has 1 amide bonds. The van der Waals surface area contributed by atoms with Crippen molar-refractivity contribution < 1.29 is 19.1 Å². The van der Waals surface area contributed by atoms with Gasteiger partial charge in [0.1, 0.15) is 11.6 Å². The van der Waals surface area contributed by atoms with Gasteiger partial charge in [0, 0.05) is 0 Å². The van der Waals surface area contributed by atoms with Gasteiger partial charge in [0.25, 0.3) is 0 Å². The fourth-order valence-corrected chi connectivity index (χ4v) is 1.30. The molecule has 1 atom stereocenters. The van der Waals surface area contributed by atoms with E-state index in [1.807, 2.05) is 6.92 Å². The van der Waals surface area contributed by atoms with Crippen LogP contribution in [-0.4, -0.2) is 29.8 Å². The molecule has 0 radical (unpaired) electrons. The maximum Gasteiger partial charge on any atom is 0.408 e. The third kappa shape index (κ3) is 7.92. The van der Waals surface area contributed by atoms with Gasteiger partial charge in [-0.25, -0.2) is 9.59 Å². The van der Waals surface area contributed by atoms with Gasteiger partial charge >= 0.3 is 12.1 Å². The summed E-state index contributed by atoms with van der Waals surface area (Å²) < 4.78 is 10.2. The highest BCUT2D eigenvalue weighted by molar-refractivity contribution is 5.81. The number of amides is 1. The summed E-state index contributed by atoms with van der Waals surface area (Å²) in [7, 11) is 0. The predicted molar refractivity (Wildman–Crippen MR) is 69.3 cm³/mol. The van der Waals surface area contributed by atoms with Crippen LogP contribution in [0, 0.1) is 0 Å². The molecule has 0 spiro atoms. The summed E-state index contributed by atoms with van der Waals surface area (Å²) in [6.07, 6.45) is 0.511. The lowest BCUT2D eigenvalue weighted by Crippen LogP contribution is -2.44. The zero-order chi connectivity index (χ0) is 14.3. The number of hydrogen-bond acceptors (Lipinski definition) is 4. The molecule has 0 bridgehead atoms. The molecule has 0 saturated carbocycles. The largest absolute Gasteiger partial charge is 0.461 e. The van der Waals surface area contributed by atoms with E-state index in [0.717, 1.165) is 6.42 Å². The number of alkyl carbamates (subject to hydrolysis) is 1. The summed E-state index contributed by atoms with van der Waals surface area (Å²) in [4.78, 5) is 23.3. The first-order valence-corrected chi connectivity index (χ1v) is 6.35. The van der Waals surface area contributed by atoms with Gasteiger partial charge in [-0.05, 0) is 41.0 Å². The molecular weight excluding hydrogens is 234 g/mol. The van der Waals surface area contributed by atoms with Crippen molar-refractivity contribution in [1.82, 2.24) is 5.32 Å². The molecule has 0 fully saturated rings. The van der Waals surface area contributed by atoms with Crippen LogP contribution in [0.1, 0.15) is 54.4 Å². The Morgan fingerprint density at radius 2 is 1.78 bits per heavy atom. The monoisotopic (exact) mass is 259 g/mol. The molecule has 0 aliphatic heterocycles. The maximum atomic E-state index is 11.8. The van der Waals surface area contributed by atoms with E-state index in [0.29, 0.717) is 6.42 Å². The number of hydrogen-bond donors (Lipinski definition) is 1. The van der Waals surface area contributed by atoms with E-state index >= 15 is 0 Å². The summed E-state index contributed by atoms with van der Waals surface area (Å²) in [5.41, 5.74) is -0.581. The molecule has 1 unspecified atom stereocenters. The Hall–Kier alpha value is -1.26. The molecule has 0 aromatic carbocycles. The van der Waals surface area contributed by atoms with Crippen LogP contribution < -0.4 is 5.32 Å². The molecule has 0 heterocycles. The number of carbonyl (C=O) groups is 2. The summed E-state index contributed by atoms with van der Waals surface area (Å²) in [6.45, 7) is 10.8. The minimum absolute atomic E-state index is 0.197. The SMILES string of the molecule is CCCC(NC(=O)OC(C)(C)C)C(=O)OC(C)C. The van der Waals surface area contributed by atoms with Crippen LogP contribution in [0.15, 0.2) is 0 Å². The fraction of sp³-hybridized carbons (Fsp3) is 0.846. The molecular formula is C13H25NO4. The lowest BCUT2D eigenvalue weighted by atomic mass is 10.1. The smallest absolute Gasteiger partial charge is 0.408 e. The number of ether oxygens (including phenoxy) is 2. The third-order valence-electron chi connectivity index (χ3n) is 1.90. The van der Waals surface area contributed by atoms with Crippen LogP contribution >= 0.6 is 0 Å². The molecule has 5 heteroatoms. The molecule has 0 aromatic heterocycles. The highest BCUT2D eigenvalue weighted by atomic mass is 16.6. The highest BCUT2D eigenvalue weighted by Gasteiger charge is 2.25. The molecule has 5 nitrogen and oxygen atoms in total. The number of nitrogens with one attached hydrogen (secondary N) is 1. The van der Waals surface area contributed by atoms with Crippen LogP contribution in [0.2, 0.25) is 0 Å². The van der Waals surface area contributed by atoms with E-state index in [1.54, 1.807) is 34.6 Å². The topological polar surface area (TPSA) is 64.6 Å². The van der Waals surface area contributed by atoms with E-state index < -0.39 is 23.7 Å². The molecule has 106 valence electrons. The zero-order valence-electron chi connectivity index (χ0n) is 12.2. The van der Waals surface area contributed by atoms with Gasteiger partial charge in [-0.3, -0.25) is 0 Å². The Balaban J connectivity index is 4.43. The van der Waals surface area contributed by atoms with E-state index in [-0.39, 0.29) is 6.10 Å². The van der Waals surface area contributed by atoms with Gasteiger partial charge in [-0.1, -0.05) is 13.3 Å². The van der Waals surface area contributed by atoms with E-state index in [4.69, 9.17) is 9.47 Å². The molecule has 0 aliphatic carbocycles. The molecule has 0 rings (SSSR count). The van der Waals surface area contributed by atoms with Crippen LogP contribution in [0.4, 0.5) is 4.79 Å². The van der Waals surface area contributed by atoms with Crippen LogP contribution in [-0.2, 0) is 14.3 Å². The lowest BCUT2D eigenvalue weighted by molar-refractivity contribution is -0.150. The minimum Gasteiger partial charge on any atom is -0.461 e. The Morgan fingerprint density at radius 3 is 2.17 bits per heavy atom. The predicted octanol–water partition coefficient (Wildman–Crippen LogP) is 2.63. The van der Waals surface area contributed by atoms with E-state index in [1.165, 1.54) is 0 Å². The normalized spacial score (nSPS) is 13.1. The van der Waals surface area contributed by atoms with Crippen molar-refractivity contribution in [2.75, 3.05) is 0 Å². The maximum absolute atomic E-state index is 11.8. The second-order valence-corrected chi connectivity index (χ2v) is 5.47. The van der Waals surface area contributed by atoms with Gasteiger partial charge in [-0.15, -0.1) is 0 Å². The highest BCUT2D eigenvalue weighted by Crippen LogP contribution is 2.08. The molecule has 0 aromatic rings. The van der Waals surface area contributed by atoms with Crippen LogP contribution in [0.5, 0.6) is 0 Å². The molecule has 18 heavy (non-hydrogen) atoms. The Kier molecular flexibility index (Phi) is 6.73. The first-order chi connectivity index (χ1) is 8.15. The summed E-state index contributed by atoms with van der Waals surface area (Å²) >= 11 is 0. The van der Waals surface area contributed by atoms with Gasteiger partial charge < -0.3 is 14.8 Å². The average molecular weight is 259 g/mol. The average Bonchev–Trinajstić information content (AvgIpc) is 2.12. The standard InChI is InChI=1S/C13H25NO4/c1-7-8-10(11(15)17-9(2)3)14-12(16)18-13(4,5)6/h9-10H,7-8H2,1-6H3,(H,14,16). The molecule has 0 aliphatic rings. The first kappa shape index (κ1) is 16.7. The van der Waals surface area contributed by atoms with E-state index in [9.17, 15) is 9.59 Å². The van der Waals surface area contributed by atoms with Gasteiger partial charge in [0.05, 0.1) is 6.10 Å². The molecule has 0 saturated heterocycles. The van der Waals surface area contributed by atoms with Crippen molar-refractivity contribution in [2.24, 2.45) is 0 Å². The Morgan fingerprint density at radius 1 is 1.22 bits per heavy atom. The quantitative estimate of drug-likeness (QED) is 0.771. The first-order valence-electron chi connectivity index (χ1n) is 6.35. The van der Waals surface area contributed by atoms with Crippen molar-refractivity contribution in [1.29, 1.82) is 0 Å². The van der Waals surface area contributed by atoms with Crippen LogP contribution in [0.3, 0.4) is 0 Å². The van der Waals surface area contributed by atoms with Gasteiger partial charge in [0.2, 0.25) is 0 Å². The van der Waals surface area contributed by atoms with Gasteiger partial charge in [-0.2, -0.15) is 0 Å². The lowest BCUT2D eigenvalue weighted by Gasteiger charge is -2.23. The summed E-state index contributed by atoms with van der Waals surface area (Å²) in [6, 6.07) is -0.646. The Bertz CT molecular complexity index is 281. The second kappa shape index (κ2) is 7.24. The minimum atomic E-state index is -0.646.